The average molecular weight is 411 g/mol. The van der Waals surface area contributed by atoms with E-state index in [9.17, 15) is 18.5 Å². The van der Waals surface area contributed by atoms with Gasteiger partial charge in [0.25, 0.3) is 0 Å². The highest BCUT2D eigenvalue weighted by atomic mass is 32.2. The summed E-state index contributed by atoms with van der Waals surface area (Å²) in [5.41, 5.74) is 2.32. The van der Waals surface area contributed by atoms with Crippen molar-refractivity contribution < 1.29 is 13.3 Å². The van der Waals surface area contributed by atoms with Crippen molar-refractivity contribution in [3.8, 4) is 0 Å². The van der Waals surface area contributed by atoms with E-state index >= 15 is 0 Å². The molecule has 2 N–H and O–H groups in total. The van der Waals surface area contributed by atoms with E-state index in [1.165, 1.54) is 18.2 Å². The van der Waals surface area contributed by atoms with Crippen molar-refractivity contribution in [1.29, 1.82) is 0 Å². The molecule has 1 atom stereocenters. The first-order valence-corrected chi connectivity index (χ1v) is 10.8. The Morgan fingerprint density at radius 2 is 1.52 bits per heavy atom. The first-order chi connectivity index (χ1) is 13.8. The molecule has 7 nitrogen and oxygen atoms in total. The van der Waals surface area contributed by atoms with Crippen LogP contribution in [-0.2, 0) is 9.84 Å². The van der Waals surface area contributed by atoms with E-state index in [1.54, 1.807) is 12.1 Å². The van der Waals surface area contributed by atoms with Crippen LogP contribution < -0.4 is 10.6 Å². The van der Waals surface area contributed by atoms with Gasteiger partial charge in [0.15, 0.2) is 9.84 Å². The molecule has 0 bridgehead atoms. The van der Waals surface area contributed by atoms with Crippen LogP contribution in [0.25, 0.3) is 0 Å². The molecule has 0 spiro atoms. The number of para-hydroxylation sites is 1. The third-order valence-electron chi connectivity index (χ3n) is 4.43. The van der Waals surface area contributed by atoms with Crippen molar-refractivity contribution in [2.45, 2.75) is 17.9 Å². The van der Waals surface area contributed by atoms with E-state index in [-0.39, 0.29) is 16.6 Å². The van der Waals surface area contributed by atoms with Gasteiger partial charge in [0.1, 0.15) is 10.6 Å². The largest absolute Gasteiger partial charge is 0.379 e. The van der Waals surface area contributed by atoms with E-state index in [0.717, 1.165) is 17.5 Å². The van der Waals surface area contributed by atoms with Crippen molar-refractivity contribution in [3.05, 3.63) is 88.5 Å². The number of hydrogen-bond acceptors (Lipinski definition) is 6. The van der Waals surface area contributed by atoms with Gasteiger partial charge < -0.3 is 10.6 Å². The molecule has 0 fully saturated rings. The zero-order chi connectivity index (χ0) is 21.0. The standard InChI is InChI=1S/C21H21N3O4S/c1-15(16-7-4-3-5-8-16)22-17-11-13-18(14-12-17)23-19-9-6-10-20(29(2,27)28)21(19)24(25)26/h3-15,22-23H,1-2H3. The first-order valence-electron chi connectivity index (χ1n) is 8.92. The fraction of sp³-hybridized carbons (Fsp3) is 0.143. The van der Waals surface area contributed by atoms with Gasteiger partial charge in [0, 0.05) is 23.7 Å². The highest BCUT2D eigenvalue weighted by Crippen LogP contribution is 2.34. The van der Waals surface area contributed by atoms with Crippen LogP contribution in [0, 0.1) is 10.1 Å². The molecule has 8 heteroatoms. The SMILES string of the molecule is CC(Nc1ccc(Nc2cccc(S(C)(=O)=O)c2[N+](=O)[O-])cc1)c1ccccc1. The minimum absolute atomic E-state index is 0.113. The Hall–Kier alpha value is -3.39. The van der Waals surface area contributed by atoms with Crippen LogP contribution in [0.4, 0.5) is 22.7 Å². The van der Waals surface area contributed by atoms with Crippen LogP contribution in [0.15, 0.2) is 77.7 Å². The molecular weight excluding hydrogens is 390 g/mol. The van der Waals surface area contributed by atoms with E-state index in [2.05, 4.69) is 17.6 Å². The number of benzene rings is 3. The Balaban J connectivity index is 1.81. The Bertz CT molecular complexity index is 1110. The summed E-state index contributed by atoms with van der Waals surface area (Å²) in [6, 6.07) is 21.6. The third-order valence-corrected chi connectivity index (χ3v) is 5.56. The molecule has 150 valence electrons. The van der Waals surface area contributed by atoms with Crippen LogP contribution in [0.3, 0.4) is 0 Å². The number of nitrogens with zero attached hydrogens (tertiary/aromatic N) is 1. The van der Waals surface area contributed by atoms with Gasteiger partial charge in [-0.1, -0.05) is 36.4 Å². The average Bonchev–Trinajstić information content (AvgIpc) is 2.69. The summed E-state index contributed by atoms with van der Waals surface area (Å²) >= 11 is 0. The first kappa shape index (κ1) is 20.3. The molecule has 0 saturated carbocycles. The molecule has 0 amide bonds. The molecule has 0 aromatic heterocycles. The zero-order valence-electron chi connectivity index (χ0n) is 16.0. The number of nitro groups is 1. The predicted octanol–water partition coefficient (Wildman–Crippen LogP) is 4.92. The summed E-state index contributed by atoms with van der Waals surface area (Å²) in [4.78, 5) is 10.5. The topological polar surface area (TPSA) is 101 Å². The van der Waals surface area contributed by atoms with Gasteiger partial charge in [0.2, 0.25) is 0 Å². The molecule has 0 radical (unpaired) electrons. The number of sulfone groups is 1. The number of anilines is 3. The normalized spacial score (nSPS) is 12.2. The lowest BCUT2D eigenvalue weighted by atomic mass is 10.1. The van der Waals surface area contributed by atoms with Crippen molar-refractivity contribution in [2.24, 2.45) is 0 Å². The number of nitro benzene ring substituents is 1. The van der Waals surface area contributed by atoms with Crippen LogP contribution in [0.1, 0.15) is 18.5 Å². The van der Waals surface area contributed by atoms with Crippen molar-refractivity contribution in [1.82, 2.24) is 0 Å². The second kappa shape index (κ2) is 8.32. The Kier molecular flexibility index (Phi) is 5.84. The van der Waals surface area contributed by atoms with E-state index in [0.29, 0.717) is 5.69 Å². The third kappa shape index (κ3) is 4.91. The Morgan fingerprint density at radius 3 is 2.10 bits per heavy atom. The molecule has 0 heterocycles. The molecular formula is C21H21N3O4S. The Morgan fingerprint density at radius 1 is 0.897 bits per heavy atom. The summed E-state index contributed by atoms with van der Waals surface area (Å²) in [5, 5.41) is 17.8. The van der Waals surface area contributed by atoms with Gasteiger partial charge in [-0.05, 0) is 48.9 Å². The summed E-state index contributed by atoms with van der Waals surface area (Å²) in [7, 11) is -3.73. The van der Waals surface area contributed by atoms with Crippen LogP contribution in [0.5, 0.6) is 0 Å². The van der Waals surface area contributed by atoms with Gasteiger partial charge in [-0.15, -0.1) is 0 Å². The summed E-state index contributed by atoms with van der Waals surface area (Å²) in [6.07, 6.45) is 0.952. The summed E-state index contributed by atoms with van der Waals surface area (Å²) in [6.45, 7) is 2.06. The van der Waals surface area contributed by atoms with Gasteiger partial charge in [-0.25, -0.2) is 8.42 Å². The van der Waals surface area contributed by atoms with Crippen LogP contribution in [-0.4, -0.2) is 19.6 Å². The lowest BCUT2D eigenvalue weighted by Gasteiger charge is -2.16. The summed E-state index contributed by atoms with van der Waals surface area (Å²) in [5.74, 6) is 0. The Labute approximate surface area is 169 Å². The fourth-order valence-corrected chi connectivity index (χ4v) is 3.85. The fourth-order valence-electron chi connectivity index (χ4n) is 2.99. The van der Waals surface area contributed by atoms with Gasteiger partial charge in [-0.3, -0.25) is 10.1 Å². The zero-order valence-corrected chi connectivity index (χ0v) is 16.8. The molecule has 3 rings (SSSR count). The van der Waals surface area contributed by atoms with Gasteiger partial charge in [-0.2, -0.15) is 0 Å². The van der Waals surface area contributed by atoms with Gasteiger partial charge in [0.05, 0.1) is 4.92 Å². The molecule has 1 unspecified atom stereocenters. The minimum Gasteiger partial charge on any atom is -0.379 e. The predicted molar refractivity (Wildman–Crippen MR) is 114 cm³/mol. The molecule has 0 aliphatic carbocycles. The van der Waals surface area contributed by atoms with E-state index in [1.807, 2.05) is 42.5 Å². The van der Waals surface area contributed by atoms with Crippen LogP contribution in [0.2, 0.25) is 0 Å². The van der Waals surface area contributed by atoms with E-state index in [4.69, 9.17) is 0 Å². The summed E-state index contributed by atoms with van der Waals surface area (Å²) < 4.78 is 23.8. The lowest BCUT2D eigenvalue weighted by molar-refractivity contribution is -0.386. The van der Waals surface area contributed by atoms with Crippen molar-refractivity contribution in [2.75, 3.05) is 16.9 Å². The molecule has 29 heavy (non-hydrogen) atoms. The molecule has 0 saturated heterocycles. The van der Waals surface area contributed by atoms with Gasteiger partial charge >= 0.3 is 5.69 Å². The quantitative estimate of drug-likeness (QED) is 0.423. The lowest BCUT2D eigenvalue weighted by Crippen LogP contribution is -2.07. The second-order valence-electron chi connectivity index (χ2n) is 6.66. The maximum atomic E-state index is 11.9. The monoisotopic (exact) mass is 411 g/mol. The molecule has 3 aromatic carbocycles. The maximum Gasteiger partial charge on any atom is 0.311 e. The molecule has 0 aliphatic rings. The van der Waals surface area contributed by atoms with Crippen molar-refractivity contribution in [3.63, 3.8) is 0 Å². The maximum absolute atomic E-state index is 11.9. The highest BCUT2D eigenvalue weighted by Gasteiger charge is 2.26. The molecule has 0 aliphatic heterocycles. The minimum atomic E-state index is -3.73. The number of nitrogens with one attached hydrogen (secondary N) is 2. The number of rotatable bonds is 7. The van der Waals surface area contributed by atoms with Crippen LogP contribution >= 0.6 is 0 Å². The highest BCUT2D eigenvalue weighted by molar-refractivity contribution is 7.90. The molecule has 3 aromatic rings. The van der Waals surface area contributed by atoms with Crippen molar-refractivity contribution >= 4 is 32.6 Å². The number of hydrogen-bond donors (Lipinski definition) is 2. The second-order valence-corrected chi connectivity index (χ2v) is 8.64. The smallest absolute Gasteiger partial charge is 0.311 e. The van der Waals surface area contributed by atoms with E-state index < -0.39 is 20.4 Å².